The molecule has 0 atom stereocenters. The molecule has 0 fully saturated rings. The van der Waals surface area contributed by atoms with E-state index < -0.39 is 129 Å². The fourth-order valence-corrected chi connectivity index (χ4v) is 4.97. The van der Waals surface area contributed by atoms with Crippen LogP contribution in [0.3, 0.4) is 0 Å². The van der Waals surface area contributed by atoms with Gasteiger partial charge in [0.25, 0.3) is 0 Å². The first-order chi connectivity index (χ1) is 32.1. The minimum absolute atomic E-state index is 0.154. The molecule has 0 bridgehead atoms. The first-order valence-electron chi connectivity index (χ1n) is 18.0. The fourth-order valence-electron chi connectivity index (χ4n) is 4.97. The summed E-state index contributed by atoms with van der Waals surface area (Å²) in [6.07, 6.45) is -19.6. The molecule has 2 aromatic rings. The van der Waals surface area contributed by atoms with E-state index in [1.807, 2.05) is 0 Å². The highest BCUT2D eigenvalue weighted by Gasteiger charge is 2.92. The predicted molar refractivity (Wildman–Crippen MR) is 172 cm³/mol. The van der Waals surface area contributed by atoms with Gasteiger partial charge in [0.05, 0.1) is 12.8 Å². The maximum absolute atomic E-state index is 14.3. The summed E-state index contributed by atoms with van der Waals surface area (Å²) in [6, 6.07) is 6.49. The molecule has 8 nitrogen and oxygen atoms in total. The Hall–Kier alpha value is -4.12. The molecule has 0 aliphatic carbocycles. The maximum atomic E-state index is 14.3. The average molecular weight is 1200 g/mol. The quantitative estimate of drug-likeness (QED) is 0.0454. The van der Waals surface area contributed by atoms with Crippen LogP contribution in [0.15, 0.2) is 48.8 Å². The third-order valence-electron chi connectivity index (χ3n) is 9.08. The van der Waals surface area contributed by atoms with Crippen molar-refractivity contribution in [3.05, 3.63) is 60.2 Å². The summed E-state index contributed by atoms with van der Waals surface area (Å²) in [5, 5.41) is 0. The molecule has 0 saturated heterocycles. The summed E-state index contributed by atoms with van der Waals surface area (Å²) >= 11 is 0. The first-order valence-corrected chi connectivity index (χ1v) is 20.9. The summed E-state index contributed by atoms with van der Waals surface area (Å²) in [7, 11) is -12.2. The Morgan fingerprint density at radius 2 is 0.568 bits per heavy atom. The van der Waals surface area contributed by atoms with Gasteiger partial charge >= 0.3 is 82.6 Å². The second-order valence-corrected chi connectivity index (χ2v) is 17.0. The Labute approximate surface area is 390 Å². The minimum Gasteiger partial charge on any atom is -0.741 e. The third kappa shape index (κ3) is 14.5. The van der Waals surface area contributed by atoms with Crippen LogP contribution in [-0.2, 0) is 46.2 Å². The van der Waals surface area contributed by atoms with Crippen LogP contribution in [0, 0.1) is 0 Å². The van der Waals surface area contributed by atoms with E-state index in [2.05, 4.69) is 0 Å². The highest BCUT2D eigenvalue weighted by Crippen LogP contribution is 2.62. The zero-order valence-corrected chi connectivity index (χ0v) is 36.2. The number of hydrogen-bond donors (Lipinski definition) is 0. The molecule has 0 amide bonds. The Kier molecular flexibility index (Phi) is 20.9. The van der Waals surface area contributed by atoms with Crippen molar-refractivity contribution in [3.8, 4) is 0 Å². The van der Waals surface area contributed by atoms with Gasteiger partial charge in [-0.25, -0.2) is 26.0 Å². The van der Waals surface area contributed by atoms with Gasteiger partial charge in [0.15, 0.2) is 57.1 Å². The van der Waals surface area contributed by atoms with Gasteiger partial charge in [0.2, 0.25) is 0 Å². The fraction of sp³-hybridized carbons (Fsp3) is 0.688. The molecule has 42 heteroatoms. The Morgan fingerprint density at radius 1 is 0.351 bits per heavy atom. The van der Waals surface area contributed by atoms with Crippen molar-refractivity contribution < 1.29 is 176 Å². The van der Waals surface area contributed by atoms with E-state index in [0.29, 0.717) is 9.13 Å². The van der Waals surface area contributed by atoms with Crippen molar-refractivity contribution in [3.63, 3.8) is 0 Å². The molecule has 0 spiro atoms. The minimum atomic E-state index is -8.09. The highest BCUT2D eigenvalue weighted by molar-refractivity contribution is 7.86. The summed E-state index contributed by atoms with van der Waals surface area (Å²) < 4.78 is 468. The summed E-state index contributed by atoms with van der Waals surface area (Å²) in [5.74, 6) is -75.8. The molecule has 2 heterocycles. The van der Waals surface area contributed by atoms with E-state index in [4.69, 9.17) is 25.9 Å². The van der Waals surface area contributed by atoms with Crippen LogP contribution < -0.4 is 9.13 Å². The summed E-state index contributed by atoms with van der Waals surface area (Å²) in [5.41, 5.74) is -11.6. The second-order valence-electron chi connectivity index (χ2n) is 14.3. The third-order valence-corrected chi connectivity index (χ3v) is 10.2. The maximum Gasteiger partial charge on any atom is 0.485 e. The SMILES string of the molecule is FC(F)(F)C(F)(F)C(F)(F)C(F)(F)C(F)(F)C(F)(F)CC[n+]1ccccc1CCCCc1cccc[n+]1CCC(F)(F)C(F)(F)C(F)(F)C(F)(F)C(F)(F)C(F)(F)F.O=S(=O)([O-])C(F)(F)F.O=S(=O)([O-])C(F)(F)F. The Bertz CT molecular complexity index is 2230. The van der Waals surface area contributed by atoms with E-state index in [-0.39, 0.29) is 37.1 Å². The molecular formula is C32H24F32N2O6S2. The molecule has 0 aromatic carbocycles. The lowest BCUT2D eigenvalue weighted by Crippen LogP contribution is -2.70. The Balaban J connectivity index is 0.00000285. The largest absolute Gasteiger partial charge is 0.741 e. The summed E-state index contributed by atoms with van der Waals surface area (Å²) in [4.78, 5) is 0. The van der Waals surface area contributed by atoms with Crippen LogP contribution in [0.1, 0.15) is 37.1 Å². The number of alkyl halides is 32. The van der Waals surface area contributed by atoms with Crippen molar-refractivity contribution in [1.82, 2.24) is 0 Å². The molecule has 2 rings (SSSR count). The van der Waals surface area contributed by atoms with Crippen LogP contribution >= 0.6 is 0 Å². The van der Waals surface area contributed by atoms with E-state index in [0.717, 1.165) is 48.8 Å². The Morgan fingerprint density at radius 3 is 0.770 bits per heavy atom. The lowest BCUT2D eigenvalue weighted by Gasteiger charge is -2.39. The molecule has 0 aliphatic heterocycles. The van der Waals surface area contributed by atoms with Crippen LogP contribution in [-0.4, -0.2) is 109 Å². The monoisotopic (exact) mass is 1200 g/mol. The van der Waals surface area contributed by atoms with E-state index in [1.54, 1.807) is 0 Å². The van der Waals surface area contributed by atoms with Gasteiger partial charge < -0.3 is 9.11 Å². The number of pyridine rings is 2. The van der Waals surface area contributed by atoms with Gasteiger partial charge in [-0.1, -0.05) is 12.1 Å². The highest BCUT2D eigenvalue weighted by atomic mass is 32.2. The van der Waals surface area contributed by atoms with Gasteiger partial charge in [0.1, 0.15) is 0 Å². The van der Waals surface area contributed by atoms with Crippen molar-refractivity contribution in [2.75, 3.05) is 0 Å². The summed E-state index contributed by atoms with van der Waals surface area (Å²) in [6.45, 7) is -2.99. The second kappa shape index (κ2) is 22.1. The number of halogens is 32. The molecule has 0 unspecified atom stereocenters. The molecular weight excluding hydrogens is 1180 g/mol. The number of nitrogens with zero attached hydrogens (tertiary/aromatic N) is 2. The van der Waals surface area contributed by atoms with Crippen LogP contribution in [0.2, 0.25) is 0 Å². The zero-order chi connectivity index (χ0) is 59.6. The average Bonchev–Trinajstić information content (AvgIpc) is 3.19. The zero-order valence-electron chi connectivity index (χ0n) is 34.5. The smallest absolute Gasteiger partial charge is 0.485 e. The lowest BCUT2D eigenvalue weighted by atomic mass is 9.92. The van der Waals surface area contributed by atoms with Gasteiger partial charge in [-0.2, -0.15) is 140 Å². The van der Waals surface area contributed by atoms with Crippen LogP contribution in [0.5, 0.6) is 0 Å². The predicted octanol–water partition coefficient (Wildman–Crippen LogP) is 11.2. The molecule has 0 radical (unpaired) electrons. The number of hydrogen-bond acceptors (Lipinski definition) is 6. The molecule has 2 aromatic heterocycles. The lowest BCUT2D eigenvalue weighted by molar-refractivity contribution is -0.708. The van der Waals surface area contributed by atoms with Gasteiger partial charge in [-0.15, -0.1) is 0 Å². The van der Waals surface area contributed by atoms with Gasteiger partial charge in [-0.3, -0.25) is 0 Å². The van der Waals surface area contributed by atoms with E-state index in [9.17, 15) is 140 Å². The van der Waals surface area contributed by atoms with Gasteiger partial charge in [0, 0.05) is 37.1 Å². The topological polar surface area (TPSA) is 122 Å². The number of unbranched alkanes of at least 4 members (excludes halogenated alkanes) is 1. The molecule has 0 N–H and O–H groups in total. The number of rotatable bonds is 19. The van der Waals surface area contributed by atoms with Gasteiger partial charge in [-0.05, 0) is 12.8 Å². The van der Waals surface area contributed by atoms with Crippen LogP contribution in [0.25, 0.3) is 0 Å². The van der Waals surface area contributed by atoms with Crippen molar-refractivity contribution >= 4 is 20.2 Å². The van der Waals surface area contributed by atoms with Crippen molar-refractivity contribution in [1.29, 1.82) is 0 Å². The molecule has 0 saturated carbocycles. The molecule has 434 valence electrons. The van der Waals surface area contributed by atoms with Crippen molar-refractivity contribution in [2.45, 2.75) is 134 Å². The normalized spacial score (nSPS) is 15.0. The van der Waals surface area contributed by atoms with E-state index in [1.165, 1.54) is 0 Å². The van der Waals surface area contributed by atoms with Crippen molar-refractivity contribution in [2.24, 2.45) is 0 Å². The number of aryl methyl sites for hydroxylation is 4. The van der Waals surface area contributed by atoms with E-state index >= 15 is 0 Å². The number of aromatic nitrogens is 2. The standard InChI is InChI=1S/C30H24F26N2.2CHF3O3S/c31-19(32,21(35,36)23(39,40)25(43,44)27(47,48)29(51,52)53)11-15-57-13-5-3-9-17(57)7-1-2-8-18-10-4-6-14-58(18)16-12-20(33,34)22(37,38)24(41,42)26(45,46)28(49,50)30(54,55)56;2*2-1(3,4)8(5,6)7/h3-6,9-10,13-14H,1-2,7-8,11-12,15-16H2;2*(H,5,6,7)/q+2;;/p-2. The van der Waals surface area contributed by atoms with Crippen LogP contribution in [0.4, 0.5) is 140 Å². The first kappa shape index (κ1) is 69.9. The molecule has 0 aliphatic rings. The molecule has 74 heavy (non-hydrogen) atoms.